The molecule has 9 nitrogen and oxygen atoms in total. The lowest BCUT2D eigenvalue weighted by molar-refractivity contribution is -0.118. The zero-order valence-corrected chi connectivity index (χ0v) is 20.8. The van der Waals surface area contributed by atoms with Gasteiger partial charge in [0.2, 0.25) is 0 Å². The molecule has 0 saturated carbocycles. The first-order valence-electron chi connectivity index (χ1n) is 11.4. The third-order valence-corrected chi connectivity index (χ3v) is 5.81. The van der Waals surface area contributed by atoms with Gasteiger partial charge >= 0.3 is 0 Å². The van der Waals surface area contributed by atoms with Gasteiger partial charge in [-0.1, -0.05) is 11.8 Å². The minimum absolute atomic E-state index is 0.114. The lowest BCUT2D eigenvalue weighted by Crippen LogP contribution is -2.20. The van der Waals surface area contributed by atoms with Crippen LogP contribution < -0.4 is 14.9 Å². The van der Waals surface area contributed by atoms with Crippen LogP contribution in [0.25, 0.3) is 17.1 Å². The molecule has 1 N–H and O–H groups in total. The molecule has 0 atom stereocenters. The quantitative estimate of drug-likeness (QED) is 0.185. The van der Waals surface area contributed by atoms with Gasteiger partial charge in [-0.2, -0.15) is 5.10 Å². The van der Waals surface area contributed by atoms with Gasteiger partial charge < -0.3 is 9.47 Å². The van der Waals surface area contributed by atoms with Gasteiger partial charge in [0.15, 0.2) is 11.0 Å². The molecule has 1 amide bonds. The van der Waals surface area contributed by atoms with Gasteiger partial charge in [0, 0.05) is 23.6 Å². The molecular weight excluding hydrogens is 476 g/mol. The number of rotatable bonds is 11. The van der Waals surface area contributed by atoms with Crippen LogP contribution in [-0.4, -0.2) is 50.8 Å². The predicted octanol–water partition coefficient (Wildman–Crippen LogP) is 4.37. The number of ether oxygens (including phenoxy) is 2. The molecule has 4 rings (SSSR count). The van der Waals surface area contributed by atoms with Crippen molar-refractivity contribution < 1.29 is 14.3 Å². The fourth-order valence-corrected chi connectivity index (χ4v) is 4.04. The number of hydrogen-bond acceptors (Lipinski definition) is 8. The highest BCUT2D eigenvalue weighted by Gasteiger charge is 2.17. The van der Waals surface area contributed by atoms with Gasteiger partial charge in [-0.15, -0.1) is 10.2 Å². The number of hydrazone groups is 1. The van der Waals surface area contributed by atoms with E-state index in [0.29, 0.717) is 24.2 Å². The first kappa shape index (κ1) is 24.9. The number of aromatic nitrogens is 4. The minimum Gasteiger partial charge on any atom is -0.494 e. The maximum atomic E-state index is 12.4. The van der Waals surface area contributed by atoms with Crippen LogP contribution in [-0.2, 0) is 4.79 Å². The van der Waals surface area contributed by atoms with E-state index in [2.05, 4.69) is 25.7 Å². The van der Waals surface area contributed by atoms with E-state index in [1.54, 1.807) is 18.6 Å². The van der Waals surface area contributed by atoms with E-state index < -0.39 is 0 Å². The number of amides is 1. The van der Waals surface area contributed by atoms with E-state index in [1.165, 1.54) is 11.8 Å². The molecule has 0 saturated heterocycles. The Morgan fingerprint density at radius 2 is 1.69 bits per heavy atom. The van der Waals surface area contributed by atoms with Crippen molar-refractivity contribution in [1.82, 2.24) is 25.2 Å². The topological polar surface area (TPSA) is 104 Å². The van der Waals surface area contributed by atoms with Crippen molar-refractivity contribution in [2.24, 2.45) is 5.10 Å². The molecule has 0 spiro atoms. The van der Waals surface area contributed by atoms with Gasteiger partial charge in [0.1, 0.15) is 11.5 Å². The summed E-state index contributed by atoms with van der Waals surface area (Å²) >= 11 is 1.27. The van der Waals surface area contributed by atoms with Crippen molar-refractivity contribution in [2.45, 2.75) is 19.0 Å². The van der Waals surface area contributed by atoms with Crippen LogP contribution in [0.2, 0.25) is 0 Å². The summed E-state index contributed by atoms with van der Waals surface area (Å²) in [5, 5.41) is 13.3. The fourth-order valence-electron chi connectivity index (χ4n) is 3.29. The SMILES string of the molecule is CCOc1ccc(/C=N/NC(=O)CSc2nnc(-c3cccnc3)n2-c2ccc(OCC)cc2)cc1. The number of pyridine rings is 1. The molecule has 2 aromatic carbocycles. The van der Waals surface area contributed by atoms with E-state index in [1.807, 2.05) is 79.1 Å². The Morgan fingerprint density at radius 1 is 1.00 bits per heavy atom. The number of hydrogen-bond donors (Lipinski definition) is 1. The Kier molecular flexibility index (Phi) is 8.66. The Labute approximate surface area is 213 Å². The van der Waals surface area contributed by atoms with E-state index >= 15 is 0 Å². The van der Waals surface area contributed by atoms with E-state index in [-0.39, 0.29) is 11.7 Å². The molecule has 10 heteroatoms. The van der Waals surface area contributed by atoms with Crippen LogP contribution >= 0.6 is 11.8 Å². The smallest absolute Gasteiger partial charge is 0.250 e. The van der Waals surface area contributed by atoms with Crippen molar-refractivity contribution >= 4 is 23.9 Å². The van der Waals surface area contributed by atoms with Crippen molar-refractivity contribution in [2.75, 3.05) is 19.0 Å². The third kappa shape index (κ3) is 6.48. The first-order valence-corrected chi connectivity index (χ1v) is 12.4. The first-order chi connectivity index (χ1) is 17.7. The van der Waals surface area contributed by atoms with Gasteiger partial charge in [-0.3, -0.25) is 14.3 Å². The maximum absolute atomic E-state index is 12.4. The highest BCUT2D eigenvalue weighted by molar-refractivity contribution is 7.99. The maximum Gasteiger partial charge on any atom is 0.250 e. The molecule has 0 fully saturated rings. The summed E-state index contributed by atoms with van der Waals surface area (Å²) in [6.07, 6.45) is 5.02. The number of benzene rings is 2. The number of carbonyl (C=O) groups is 1. The Bertz CT molecular complexity index is 1290. The van der Waals surface area contributed by atoms with E-state index in [9.17, 15) is 4.79 Å². The second-order valence-corrected chi connectivity index (χ2v) is 8.34. The van der Waals surface area contributed by atoms with Crippen molar-refractivity contribution in [1.29, 1.82) is 0 Å². The van der Waals surface area contributed by atoms with Crippen molar-refractivity contribution in [3.63, 3.8) is 0 Å². The Morgan fingerprint density at radius 3 is 2.33 bits per heavy atom. The molecule has 0 bridgehead atoms. The normalized spacial score (nSPS) is 10.9. The summed E-state index contributed by atoms with van der Waals surface area (Å²) in [6, 6.07) is 18.9. The van der Waals surface area contributed by atoms with E-state index in [0.717, 1.165) is 28.3 Å². The Balaban J connectivity index is 1.45. The van der Waals surface area contributed by atoms with Gasteiger partial charge in [0.25, 0.3) is 5.91 Å². The van der Waals surface area contributed by atoms with Crippen molar-refractivity contribution in [3.05, 3.63) is 78.6 Å². The average Bonchev–Trinajstić information content (AvgIpc) is 3.34. The zero-order chi connectivity index (χ0) is 25.2. The van der Waals surface area contributed by atoms with Crippen LogP contribution in [0.1, 0.15) is 19.4 Å². The summed E-state index contributed by atoms with van der Waals surface area (Å²) < 4.78 is 12.9. The molecule has 184 valence electrons. The Hall–Kier alpha value is -4.18. The number of nitrogens with one attached hydrogen (secondary N) is 1. The minimum atomic E-state index is -0.258. The summed E-state index contributed by atoms with van der Waals surface area (Å²) in [6.45, 7) is 5.07. The monoisotopic (exact) mass is 502 g/mol. The number of nitrogens with zero attached hydrogens (tertiary/aromatic N) is 5. The molecular formula is C26H26N6O3S. The van der Waals surface area contributed by atoms with Gasteiger partial charge in [-0.05, 0) is 80.1 Å². The fraction of sp³-hybridized carbons (Fsp3) is 0.192. The van der Waals surface area contributed by atoms with E-state index in [4.69, 9.17) is 9.47 Å². The van der Waals surface area contributed by atoms with Crippen LogP contribution in [0.3, 0.4) is 0 Å². The largest absolute Gasteiger partial charge is 0.494 e. The lowest BCUT2D eigenvalue weighted by Gasteiger charge is -2.11. The molecule has 2 heterocycles. The van der Waals surface area contributed by atoms with Crippen LogP contribution in [0.5, 0.6) is 11.5 Å². The molecule has 0 unspecified atom stereocenters. The predicted molar refractivity (Wildman–Crippen MR) is 140 cm³/mol. The number of thioether (sulfide) groups is 1. The van der Waals surface area contributed by atoms with Crippen LogP contribution in [0.4, 0.5) is 0 Å². The molecule has 0 aliphatic heterocycles. The molecule has 36 heavy (non-hydrogen) atoms. The van der Waals surface area contributed by atoms with Gasteiger partial charge in [0.05, 0.1) is 25.2 Å². The van der Waals surface area contributed by atoms with Crippen LogP contribution in [0, 0.1) is 0 Å². The summed E-state index contributed by atoms with van der Waals surface area (Å²) in [5.74, 6) is 2.05. The standard InChI is InChI=1S/C26H26N6O3S/c1-3-34-22-11-7-19(8-12-22)16-28-29-24(33)18-36-26-31-30-25(20-6-5-15-27-17-20)32(26)21-9-13-23(14-10-21)35-4-2/h5-17H,3-4,18H2,1-2H3,(H,29,33)/b28-16+. The highest BCUT2D eigenvalue weighted by atomic mass is 32.2. The molecule has 2 aromatic heterocycles. The third-order valence-electron chi connectivity index (χ3n) is 4.89. The van der Waals surface area contributed by atoms with Crippen LogP contribution in [0.15, 0.2) is 83.3 Å². The summed E-state index contributed by atoms with van der Waals surface area (Å²) in [5.41, 5.74) is 5.07. The molecule has 0 aliphatic rings. The second-order valence-electron chi connectivity index (χ2n) is 7.39. The van der Waals surface area contributed by atoms with Gasteiger partial charge in [-0.25, -0.2) is 5.43 Å². The average molecular weight is 503 g/mol. The summed E-state index contributed by atoms with van der Waals surface area (Å²) in [4.78, 5) is 16.6. The molecule has 0 aliphatic carbocycles. The molecule has 0 radical (unpaired) electrons. The number of carbonyl (C=O) groups excluding carboxylic acids is 1. The lowest BCUT2D eigenvalue weighted by atomic mass is 10.2. The zero-order valence-electron chi connectivity index (χ0n) is 20.0. The molecule has 4 aromatic rings. The second kappa shape index (κ2) is 12.5. The summed E-state index contributed by atoms with van der Waals surface area (Å²) in [7, 11) is 0. The van der Waals surface area contributed by atoms with Crippen molar-refractivity contribution in [3.8, 4) is 28.6 Å². The highest BCUT2D eigenvalue weighted by Crippen LogP contribution is 2.28.